The smallest absolute Gasteiger partial charge is 0.168 e. The van der Waals surface area contributed by atoms with Gasteiger partial charge in [0.2, 0.25) is 0 Å². The zero-order valence-corrected chi connectivity index (χ0v) is 55.0. The second kappa shape index (κ2) is 29.6. The molecule has 0 atom stereocenters. The fraction of sp³-hybridized carbons (Fsp3) is 0.421. The van der Waals surface area contributed by atoms with E-state index in [-0.39, 0.29) is 0 Å². The lowest BCUT2D eigenvalue weighted by Gasteiger charge is -2.19. The standard InChI is InChI=1S/C76H88N8O8/c1-9-17-39-85-53-37-38-54(86-40-18-10-2)56-55(53)69-77-70(56)79-72-58-60(66(90-44-22-14-6)50-34-28-26-32-48(50)64(58)88-42-20-12-4)74(81-72)83-76-62-61(67(91-45-23-15-7)51-35-29-30-36-52(51)68(62)92-46-24-16-8)75(84-76)82-73-59-57(71(78-69)80-73)63(87-41-19-11-3)47-31-25-27-33-49(47)65(59)89-43-21-13-5/h25-38H,9-24,39-46H2,1-8H3,(H2,77,78,79,80,81,82,83,84). The van der Waals surface area contributed by atoms with Gasteiger partial charge in [0, 0.05) is 32.3 Å². The Morgan fingerprint density at radius 2 is 0.467 bits per heavy atom. The van der Waals surface area contributed by atoms with Crippen LogP contribution in [-0.2, 0) is 0 Å². The van der Waals surface area contributed by atoms with Crippen LogP contribution < -0.4 is 37.9 Å². The first-order chi connectivity index (χ1) is 45.4. The summed E-state index contributed by atoms with van der Waals surface area (Å²) in [5.41, 5.74) is 4.37. The number of nitrogens with one attached hydrogen (secondary N) is 2. The molecule has 0 amide bonds. The van der Waals surface area contributed by atoms with E-state index in [1.54, 1.807) is 0 Å². The van der Waals surface area contributed by atoms with Crippen molar-refractivity contribution in [1.29, 1.82) is 0 Å². The molecule has 10 aromatic rings. The van der Waals surface area contributed by atoms with Crippen molar-refractivity contribution in [3.63, 3.8) is 0 Å². The first-order valence-corrected chi connectivity index (χ1v) is 34.2. The molecular formula is C76H88N8O8. The van der Waals surface area contributed by atoms with Crippen molar-refractivity contribution in [3.8, 4) is 91.5 Å². The number of unbranched alkanes of at least 4 members (excludes halogenated alkanes) is 8. The third-order valence-electron chi connectivity index (χ3n) is 17.1. The normalized spacial score (nSPS) is 11.9. The van der Waals surface area contributed by atoms with Gasteiger partial charge in [-0.15, -0.1) is 0 Å². The van der Waals surface area contributed by atoms with Crippen LogP contribution >= 0.6 is 0 Å². The number of aromatic nitrogens is 8. The van der Waals surface area contributed by atoms with E-state index in [1.807, 2.05) is 48.5 Å². The van der Waals surface area contributed by atoms with Gasteiger partial charge in [-0.3, -0.25) is 0 Å². The van der Waals surface area contributed by atoms with Gasteiger partial charge < -0.3 is 47.9 Å². The van der Waals surface area contributed by atoms with E-state index in [0.717, 1.165) is 135 Å². The molecule has 16 heteroatoms. The second-order valence-corrected chi connectivity index (χ2v) is 23.9. The molecule has 2 aliphatic rings. The Labute approximate surface area is 539 Å². The van der Waals surface area contributed by atoms with E-state index in [4.69, 9.17) is 67.8 Å². The van der Waals surface area contributed by atoms with Gasteiger partial charge in [0.05, 0.1) is 96.7 Å². The van der Waals surface area contributed by atoms with Crippen molar-refractivity contribution in [2.75, 3.05) is 52.9 Å². The van der Waals surface area contributed by atoms with E-state index >= 15 is 0 Å². The molecule has 0 saturated carbocycles. The molecule has 5 heterocycles. The zero-order chi connectivity index (χ0) is 63.5. The van der Waals surface area contributed by atoms with Crippen LogP contribution in [0.4, 0.5) is 0 Å². The minimum Gasteiger partial charge on any atom is -0.493 e. The Morgan fingerprint density at radius 3 is 0.717 bits per heavy atom. The molecule has 2 N–H and O–H groups in total. The Kier molecular flexibility index (Phi) is 20.3. The summed E-state index contributed by atoms with van der Waals surface area (Å²) in [6.07, 6.45) is 14.1. The maximum absolute atomic E-state index is 7.12. The summed E-state index contributed by atoms with van der Waals surface area (Å²) >= 11 is 0. The molecule has 0 spiro atoms. The minimum atomic E-state index is 0.356. The number of hydrogen-bond donors (Lipinski definition) is 2. The maximum Gasteiger partial charge on any atom is 0.168 e. The number of rotatable bonds is 32. The van der Waals surface area contributed by atoms with Crippen LogP contribution in [0.25, 0.3) is 122 Å². The summed E-state index contributed by atoms with van der Waals surface area (Å²) in [6.45, 7) is 21.0. The quantitative estimate of drug-likeness (QED) is 0.0380. The number of H-pyrrole nitrogens is 2. The molecule has 16 nitrogen and oxygen atoms in total. The third-order valence-corrected chi connectivity index (χ3v) is 17.1. The van der Waals surface area contributed by atoms with Crippen LogP contribution in [-0.4, -0.2) is 92.7 Å². The molecule has 12 rings (SSSR count). The largest absolute Gasteiger partial charge is 0.493 e. The van der Waals surface area contributed by atoms with Gasteiger partial charge in [-0.2, -0.15) is 0 Å². The van der Waals surface area contributed by atoms with Crippen molar-refractivity contribution in [1.82, 2.24) is 39.9 Å². The highest BCUT2D eigenvalue weighted by molar-refractivity contribution is 6.21. The maximum atomic E-state index is 7.12. The molecule has 2 aliphatic heterocycles. The van der Waals surface area contributed by atoms with Crippen molar-refractivity contribution >= 4 is 76.5 Å². The van der Waals surface area contributed by atoms with Gasteiger partial charge in [-0.05, 0) is 63.5 Å². The van der Waals surface area contributed by atoms with Crippen molar-refractivity contribution in [2.24, 2.45) is 0 Å². The zero-order valence-electron chi connectivity index (χ0n) is 55.0. The molecule has 0 unspecified atom stereocenters. The summed E-state index contributed by atoms with van der Waals surface area (Å²) < 4.78 is 56.3. The lowest BCUT2D eigenvalue weighted by Crippen LogP contribution is -2.04. The molecule has 0 aliphatic carbocycles. The molecule has 0 fully saturated rings. The molecule has 480 valence electrons. The molecule has 0 saturated heterocycles. The summed E-state index contributed by atoms with van der Waals surface area (Å²) in [4.78, 5) is 42.0. The molecule has 0 radical (unpaired) electrons. The average Bonchev–Trinajstić information content (AvgIpc) is 1.54. The van der Waals surface area contributed by atoms with Crippen molar-refractivity contribution < 1.29 is 37.9 Å². The highest BCUT2D eigenvalue weighted by atomic mass is 16.5. The number of benzene rings is 7. The van der Waals surface area contributed by atoms with Gasteiger partial charge in [-0.25, -0.2) is 29.9 Å². The van der Waals surface area contributed by atoms with Crippen LogP contribution in [0, 0.1) is 0 Å². The highest BCUT2D eigenvalue weighted by Crippen LogP contribution is 2.55. The number of ether oxygens (including phenoxy) is 8. The van der Waals surface area contributed by atoms with Crippen LogP contribution in [0.2, 0.25) is 0 Å². The molecule has 7 aromatic carbocycles. The Hall–Kier alpha value is -8.92. The summed E-state index contributed by atoms with van der Waals surface area (Å²) in [5.74, 6) is 6.47. The van der Waals surface area contributed by atoms with Gasteiger partial charge >= 0.3 is 0 Å². The molecule has 8 bridgehead atoms. The topological polar surface area (TPSA) is 183 Å². The van der Waals surface area contributed by atoms with E-state index < -0.39 is 0 Å². The van der Waals surface area contributed by atoms with Gasteiger partial charge in [-0.1, -0.05) is 180 Å². The van der Waals surface area contributed by atoms with Gasteiger partial charge in [0.15, 0.2) is 23.3 Å². The van der Waals surface area contributed by atoms with E-state index in [2.05, 4.69) is 102 Å². The third kappa shape index (κ3) is 12.4. The fourth-order valence-corrected chi connectivity index (χ4v) is 12.2. The minimum absolute atomic E-state index is 0.356. The van der Waals surface area contributed by atoms with E-state index in [0.29, 0.717) is 189 Å². The van der Waals surface area contributed by atoms with Crippen LogP contribution in [0.5, 0.6) is 46.0 Å². The fourth-order valence-electron chi connectivity index (χ4n) is 12.2. The summed E-state index contributed by atoms with van der Waals surface area (Å²) in [6, 6.07) is 28.8. The summed E-state index contributed by atoms with van der Waals surface area (Å²) in [5, 5.41) is 7.94. The predicted octanol–water partition coefficient (Wildman–Crippen LogP) is 19.8. The second-order valence-electron chi connectivity index (χ2n) is 23.9. The Morgan fingerprint density at radius 1 is 0.250 bits per heavy atom. The molecule has 3 aromatic heterocycles. The Bertz CT molecular complexity index is 4190. The molecular weight excluding hydrogens is 1150 g/mol. The first kappa shape index (κ1) is 63.2. The average molecular weight is 1240 g/mol. The summed E-state index contributed by atoms with van der Waals surface area (Å²) in [7, 11) is 0. The Balaban J connectivity index is 1.35. The van der Waals surface area contributed by atoms with Crippen molar-refractivity contribution in [2.45, 2.75) is 158 Å². The van der Waals surface area contributed by atoms with E-state index in [1.165, 1.54) is 0 Å². The van der Waals surface area contributed by atoms with Crippen LogP contribution in [0.15, 0.2) is 84.9 Å². The van der Waals surface area contributed by atoms with Crippen LogP contribution in [0.1, 0.15) is 158 Å². The van der Waals surface area contributed by atoms with Crippen molar-refractivity contribution in [3.05, 3.63) is 84.9 Å². The lowest BCUT2D eigenvalue weighted by molar-refractivity contribution is 0.306. The predicted molar refractivity (Wildman–Crippen MR) is 372 cm³/mol. The van der Waals surface area contributed by atoms with Gasteiger partial charge in [0.1, 0.15) is 68.6 Å². The van der Waals surface area contributed by atoms with E-state index in [9.17, 15) is 0 Å². The number of hydrogen-bond acceptors (Lipinski definition) is 14. The monoisotopic (exact) mass is 1240 g/mol. The number of nitrogens with zero attached hydrogens (tertiary/aromatic N) is 6. The first-order valence-electron chi connectivity index (χ1n) is 34.2. The number of fused-ring (bicyclic) bond motifs is 23. The lowest BCUT2D eigenvalue weighted by atomic mass is 9.98. The SMILES string of the molecule is CCCCOc1c2c(c(OCCCC)c3ccccc13)-c1nc-2nc2[nH]c(nc3nc(nc4[nH]c(n1)c1c(OCCCC)c5ccccc5c(OCCCC)c41)-c1c-3c(OCCCC)c3ccccc3c1OCCCC)c1c(OCCCC)ccc(OCCCC)c21. The van der Waals surface area contributed by atoms with Gasteiger partial charge in [0.25, 0.3) is 0 Å². The highest BCUT2D eigenvalue weighted by Gasteiger charge is 2.35. The number of aromatic amines is 2. The van der Waals surface area contributed by atoms with Crippen LogP contribution in [0.3, 0.4) is 0 Å². The molecule has 92 heavy (non-hydrogen) atoms.